The van der Waals surface area contributed by atoms with Crippen molar-refractivity contribution in [1.29, 1.82) is 0 Å². The van der Waals surface area contributed by atoms with E-state index in [9.17, 15) is 0 Å². The Labute approximate surface area is 132 Å². The smallest absolute Gasteiger partial charge is 0.191 e. The molecular formula is C18H25N3O. The summed E-state index contributed by atoms with van der Waals surface area (Å²) in [6, 6.07) is 12.6. The van der Waals surface area contributed by atoms with Crippen LogP contribution in [-0.4, -0.2) is 26.7 Å². The molecule has 0 heterocycles. The maximum Gasteiger partial charge on any atom is 0.191 e. The summed E-state index contributed by atoms with van der Waals surface area (Å²) >= 11 is 0. The van der Waals surface area contributed by atoms with Crippen LogP contribution in [0.2, 0.25) is 0 Å². The molecule has 118 valence electrons. The quantitative estimate of drug-likeness (QED) is 0.489. The van der Waals surface area contributed by atoms with Crippen LogP contribution < -0.4 is 15.4 Å². The van der Waals surface area contributed by atoms with Crippen molar-refractivity contribution in [3.8, 4) is 5.75 Å². The summed E-state index contributed by atoms with van der Waals surface area (Å²) in [7, 11) is 3.49. The van der Waals surface area contributed by atoms with Gasteiger partial charge in [-0.15, -0.1) is 0 Å². The van der Waals surface area contributed by atoms with E-state index < -0.39 is 0 Å². The summed E-state index contributed by atoms with van der Waals surface area (Å²) < 4.78 is 5.26. The SMILES string of the molecule is CCCCNC(=NC)NCc1ccc2cc(OC)ccc2c1. The molecule has 0 atom stereocenters. The van der Waals surface area contributed by atoms with Crippen molar-refractivity contribution >= 4 is 16.7 Å². The molecule has 0 aliphatic heterocycles. The number of methoxy groups -OCH3 is 1. The third-order valence-corrected chi connectivity index (χ3v) is 3.62. The normalized spacial score (nSPS) is 11.5. The van der Waals surface area contributed by atoms with Gasteiger partial charge in [0.05, 0.1) is 7.11 Å². The van der Waals surface area contributed by atoms with Gasteiger partial charge in [0.1, 0.15) is 5.75 Å². The van der Waals surface area contributed by atoms with Crippen molar-refractivity contribution in [2.24, 2.45) is 4.99 Å². The van der Waals surface area contributed by atoms with Gasteiger partial charge in [-0.1, -0.05) is 31.5 Å². The molecule has 22 heavy (non-hydrogen) atoms. The minimum atomic E-state index is 0.758. The van der Waals surface area contributed by atoms with Gasteiger partial charge in [-0.05, 0) is 41.0 Å². The van der Waals surface area contributed by atoms with Crippen LogP contribution in [0.1, 0.15) is 25.3 Å². The lowest BCUT2D eigenvalue weighted by molar-refractivity contribution is 0.415. The fourth-order valence-corrected chi connectivity index (χ4v) is 2.30. The van der Waals surface area contributed by atoms with E-state index in [-0.39, 0.29) is 0 Å². The summed E-state index contributed by atoms with van der Waals surface area (Å²) in [5, 5.41) is 9.07. The molecule has 0 aliphatic carbocycles. The highest BCUT2D eigenvalue weighted by molar-refractivity contribution is 5.85. The van der Waals surface area contributed by atoms with Crippen LogP contribution in [0, 0.1) is 0 Å². The zero-order valence-corrected chi connectivity index (χ0v) is 13.6. The van der Waals surface area contributed by atoms with E-state index >= 15 is 0 Å². The highest BCUT2D eigenvalue weighted by Crippen LogP contribution is 2.21. The number of aliphatic imine (C=N–C) groups is 1. The standard InChI is InChI=1S/C18H25N3O/c1-4-5-10-20-18(19-2)21-13-14-6-7-16-12-17(22-3)9-8-15(16)11-14/h6-9,11-12H,4-5,10,13H2,1-3H3,(H2,19,20,21). The van der Waals surface area contributed by atoms with E-state index in [0.29, 0.717) is 0 Å². The van der Waals surface area contributed by atoms with Gasteiger partial charge in [-0.3, -0.25) is 4.99 Å². The summed E-state index contributed by atoms with van der Waals surface area (Å²) in [6.07, 6.45) is 2.33. The second-order valence-corrected chi connectivity index (χ2v) is 5.25. The number of fused-ring (bicyclic) bond motifs is 1. The van der Waals surface area contributed by atoms with Crippen LogP contribution in [0.5, 0.6) is 5.75 Å². The predicted octanol–water partition coefficient (Wildman–Crippen LogP) is 3.31. The van der Waals surface area contributed by atoms with Crippen molar-refractivity contribution in [1.82, 2.24) is 10.6 Å². The molecule has 0 bridgehead atoms. The molecule has 4 heteroatoms. The van der Waals surface area contributed by atoms with Gasteiger partial charge in [0.15, 0.2) is 5.96 Å². The van der Waals surface area contributed by atoms with Crippen molar-refractivity contribution in [3.05, 3.63) is 42.0 Å². The zero-order chi connectivity index (χ0) is 15.8. The van der Waals surface area contributed by atoms with E-state index in [0.717, 1.165) is 31.2 Å². The molecular weight excluding hydrogens is 274 g/mol. The van der Waals surface area contributed by atoms with Crippen LogP contribution in [0.4, 0.5) is 0 Å². The zero-order valence-electron chi connectivity index (χ0n) is 13.6. The fourth-order valence-electron chi connectivity index (χ4n) is 2.30. The number of hydrogen-bond acceptors (Lipinski definition) is 2. The van der Waals surface area contributed by atoms with Crippen LogP contribution >= 0.6 is 0 Å². The molecule has 0 aliphatic rings. The van der Waals surface area contributed by atoms with Gasteiger partial charge < -0.3 is 15.4 Å². The van der Waals surface area contributed by atoms with Gasteiger partial charge in [0, 0.05) is 20.1 Å². The van der Waals surface area contributed by atoms with Crippen LogP contribution in [-0.2, 0) is 6.54 Å². The molecule has 0 fully saturated rings. The Morgan fingerprint density at radius 3 is 2.59 bits per heavy atom. The average molecular weight is 299 g/mol. The molecule has 0 spiro atoms. The van der Waals surface area contributed by atoms with Crippen LogP contribution in [0.3, 0.4) is 0 Å². The number of hydrogen-bond donors (Lipinski definition) is 2. The number of rotatable bonds is 6. The molecule has 0 unspecified atom stereocenters. The Morgan fingerprint density at radius 1 is 1.09 bits per heavy atom. The summed E-state index contributed by atoms with van der Waals surface area (Å²) in [6.45, 7) is 3.89. The Bertz CT molecular complexity index is 637. The monoisotopic (exact) mass is 299 g/mol. The number of unbranched alkanes of at least 4 members (excludes halogenated alkanes) is 1. The van der Waals surface area contributed by atoms with Crippen molar-refractivity contribution in [2.75, 3.05) is 20.7 Å². The molecule has 2 rings (SSSR count). The maximum absolute atomic E-state index is 5.26. The first kappa shape index (κ1) is 16.1. The number of ether oxygens (including phenoxy) is 1. The Hall–Kier alpha value is -2.23. The topological polar surface area (TPSA) is 45.7 Å². The van der Waals surface area contributed by atoms with Crippen LogP contribution in [0.15, 0.2) is 41.4 Å². The van der Waals surface area contributed by atoms with E-state index in [1.54, 1.807) is 14.2 Å². The van der Waals surface area contributed by atoms with E-state index in [4.69, 9.17) is 4.74 Å². The molecule has 0 amide bonds. The van der Waals surface area contributed by atoms with E-state index in [1.807, 2.05) is 6.07 Å². The van der Waals surface area contributed by atoms with Gasteiger partial charge in [-0.25, -0.2) is 0 Å². The lowest BCUT2D eigenvalue weighted by atomic mass is 10.1. The van der Waals surface area contributed by atoms with E-state index in [1.165, 1.54) is 22.8 Å². The molecule has 0 saturated carbocycles. The molecule has 2 N–H and O–H groups in total. The van der Waals surface area contributed by atoms with Gasteiger partial charge in [-0.2, -0.15) is 0 Å². The lowest BCUT2D eigenvalue weighted by Gasteiger charge is -2.12. The first-order valence-electron chi connectivity index (χ1n) is 7.78. The molecule has 4 nitrogen and oxygen atoms in total. The highest BCUT2D eigenvalue weighted by Gasteiger charge is 2.01. The minimum absolute atomic E-state index is 0.758. The summed E-state index contributed by atoms with van der Waals surface area (Å²) in [5.74, 6) is 1.74. The van der Waals surface area contributed by atoms with Crippen molar-refractivity contribution < 1.29 is 4.74 Å². The first-order valence-corrected chi connectivity index (χ1v) is 7.78. The second-order valence-electron chi connectivity index (χ2n) is 5.25. The Morgan fingerprint density at radius 2 is 1.86 bits per heavy atom. The van der Waals surface area contributed by atoms with Gasteiger partial charge >= 0.3 is 0 Å². The maximum atomic E-state index is 5.26. The van der Waals surface area contributed by atoms with Gasteiger partial charge in [0.25, 0.3) is 0 Å². The minimum Gasteiger partial charge on any atom is -0.497 e. The molecule has 2 aromatic rings. The average Bonchev–Trinajstić information content (AvgIpc) is 2.57. The van der Waals surface area contributed by atoms with Crippen LogP contribution in [0.25, 0.3) is 10.8 Å². The van der Waals surface area contributed by atoms with Crippen molar-refractivity contribution in [3.63, 3.8) is 0 Å². The number of nitrogens with one attached hydrogen (secondary N) is 2. The summed E-state index contributed by atoms with van der Waals surface area (Å²) in [5.41, 5.74) is 1.23. The fraction of sp³-hybridized carbons (Fsp3) is 0.389. The molecule has 0 aromatic heterocycles. The molecule has 0 saturated heterocycles. The van der Waals surface area contributed by atoms with Crippen molar-refractivity contribution in [2.45, 2.75) is 26.3 Å². The first-order chi connectivity index (χ1) is 10.8. The molecule has 2 aromatic carbocycles. The highest BCUT2D eigenvalue weighted by atomic mass is 16.5. The Kier molecular flexibility index (Phi) is 6.07. The number of benzene rings is 2. The van der Waals surface area contributed by atoms with E-state index in [2.05, 4.69) is 52.9 Å². The number of nitrogens with zero attached hydrogens (tertiary/aromatic N) is 1. The van der Waals surface area contributed by atoms with Gasteiger partial charge in [0.2, 0.25) is 0 Å². The largest absolute Gasteiger partial charge is 0.497 e. The number of guanidine groups is 1. The second kappa shape index (κ2) is 8.27. The Balaban J connectivity index is 1.99. The molecule has 0 radical (unpaired) electrons. The lowest BCUT2D eigenvalue weighted by Crippen LogP contribution is -2.37. The summed E-state index contributed by atoms with van der Waals surface area (Å²) in [4.78, 5) is 4.24. The third-order valence-electron chi connectivity index (χ3n) is 3.62. The predicted molar refractivity (Wildman–Crippen MR) is 93.6 cm³/mol. The third kappa shape index (κ3) is 4.38.